The topological polar surface area (TPSA) is 33.2 Å². The van der Waals surface area contributed by atoms with Gasteiger partial charge in [-0.15, -0.1) is 0 Å². The standard InChI is InChI=1S/C12H14N2O/c1-14-7-4-12(15)11(9-14)8-10-2-5-13-6-3-10/h2-3,5-6,8H,4,7,9H2,1H3/b11-8+. The van der Waals surface area contributed by atoms with Crippen molar-refractivity contribution in [1.82, 2.24) is 9.88 Å². The van der Waals surface area contributed by atoms with Crippen LogP contribution in [0.3, 0.4) is 0 Å². The zero-order chi connectivity index (χ0) is 10.7. The predicted octanol–water partition coefficient (Wildman–Crippen LogP) is 1.37. The van der Waals surface area contributed by atoms with Crippen molar-refractivity contribution in [3.63, 3.8) is 0 Å². The summed E-state index contributed by atoms with van der Waals surface area (Å²) in [5.41, 5.74) is 1.94. The molecule has 1 aliphatic rings. The summed E-state index contributed by atoms with van der Waals surface area (Å²) >= 11 is 0. The van der Waals surface area contributed by atoms with Gasteiger partial charge in [0.15, 0.2) is 5.78 Å². The number of hydrogen-bond donors (Lipinski definition) is 0. The van der Waals surface area contributed by atoms with Gasteiger partial charge in [0.25, 0.3) is 0 Å². The highest BCUT2D eigenvalue weighted by atomic mass is 16.1. The van der Waals surface area contributed by atoms with Gasteiger partial charge in [0.2, 0.25) is 0 Å². The zero-order valence-corrected chi connectivity index (χ0v) is 8.81. The van der Waals surface area contributed by atoms with Crippen LogP contribution in [-0.2, 0) is 4.79 Å². The molecule has 0 aromatic carbocycles. The van der Waals surface area contributed by atoms with Gasteiger partial charge >= 0.3 is 0 Å². The number of likely N-dealkylation sites (N-methyl/N-ethyl adjacent to an activating group) is 1. The third-order valence-electron chi connectivity index (χ3n) is 2.57. The Balaban J connectivity index is 2.22. The van der Waals surface area contributed by atoms with Crippen LogP contribution in [0.25, 0.3) is 6.08 Å². The van der Waals surface area contributed by atoms with Crippen LogP contribution in [0.4, 0.5) is 0 Å². The van der Waals surface area contributed by atoms with E-state index in [2.05, 4.69) is 9.88 Å². The third kappa shape index (κ3) is 2.50. The average Bonchev–Trinajstić information content (AvgIpc) is 2.25. The van der Waals surface area contributed by atoms with Gasteiger partial charge < -0.3 is 4.90 Å². The second-order valence-corrected chi connectivity index (χ2v) is 3.86. The number of pyridine rings is 1. The van der Waals surface area contributed by atoms with Crippen LogP contribution < -0.4 is 0 Å². The Labute approximate surface area is 89.4 Å². The van der Waals surface area contributed by atoms with E-state index in [9.17, 15) is 4.79 Å². The lowest BCUT2D eigenvalue weighted by molar-refractivity contribution is -0.117. The normalized spacial score (nSPS) is 20.9. The van der Waals surface area contributed by atoms with Crippen molar-refractivity contribution in [2.75, 3.05) is 20.1 Å². The molecular weight excluding hydrogens is 188 g/mol. The number of piperidine rings is 1. The van der Waals surface area contributed by atoms with E-state index in [1.54, 1.807) is 12.4 Å². The Morgan fingerprint density at radius 1 is 1.40 bits per heavy atom. The fourth-order valence-electron chi connectivity index (χ4n) is 1.70. The van der Waals surface area contributed by atoms with Crippen LogP contribution >= 0.6 is 0 Å². The molecule has 1 aliphatic heterocycles. The van der Waals surface area contributed by atoms with Crippen LogP contribution in [0.15, 0.2) is 30.1 Å². The van der Waals surface area contributed by atoms with E-state index in [1.165, 1.54) is 0 Å². The molecule has 0 N–H and O–H groups in total. The molecule has 0 unspecified atom stereocenters. The first-order chi connectivity index (χ1) is 7.25. The predicted molar refractivity (Wildman–Crippen MR) is 59.3 cm³/mol. The van der Waals surface area contributed by atoms with Crippen molar-refractivity contribution >= 4 is 11.9 Å². The minimum absolute atomic E-state index is 0.268. The first-order valence-electron chi connectivity index (χ1n) is 5.08. The number of carbonyl (C=O) groups is 1. The molecule has 0 bridgehead atoms. The highest BCUT2D eigenvalue weighted by Crippen LogP contribution is 2.14. The van der Waals surface area contributed by atoms with E-state index in [0.717, 1.165) is 24.2 Å². The molecular formula is C12H14N2O. The average molecular weight is 202 g/mol. The van der Waals surface area contributed by atoms with E-state index >= 15 is 0 Å². The highest BCUT2D eigenvalue weighted by Gasteiger charge is 2.18. The number of Topliss-reactive ketones (excluding diaryl/α,β-unsaturated/α-hetero) is 1. The maximum atomic E-state index is 11.6. The number of likely N-dealkylation sites (tertiary alicyclic amines) is 1. The van der Waals surface area contributed by atoms with Gasteiger partial charge in [-0.3, -0.25) is 9.78 Å². The van der Waals surface area contributed by atoms with E-state index in [4.69, 9.17) is 0 Å². The lowest BCUT2D eigenvalue weighted by atomic mass is 10.0. The first kappa shape index (κ1) is 10.1. The number of hydrogen-bond acceptors (Lipinski definition) is 3. The molecule has 1 fully saturated rings. The van der Waals surface area contributed by atoms with E-state index in [0.29, 0.717) is 6.42 Å². The Hall–Kier alpha value is -1.48. The van der Waals surface area contributed by atoms with Crippen molar-refractivity contribution in [1.29, 1.82) is 0 Å². The van der Waals surface area contributed by atoms with Gasteiger partial charge in [0.1, 0.15) is 0 Å². The summed E-state index contributed by atoms with van der Waals surface area (Å²) in [5, 5.41) is 0. The van der Waals surface area contributed by atoms with Gasteiger partial charge in [-0.2, -0.15) is 0 Å². The van der Waals surface area contributed by atoms with Gasteiger partial charge in [-0.05, 0) is 30.8 Å². The molecule has 3 heteroatoms. The van der Waals surface area contributed by atoms with Crippen molar-refractivity contribution in [3.8, 4) is 0 Å². The summed E-state index contributed by atoms with van der Waals surface area (Å²) in [6.07, 6.45) is 6.07. The van der Waals surface area contributed by atoms with Gasteiger partial charge in [0.05, 0.1) is 0 Å². The minimum Gasteiger partial charge on any atom is -0.302 e. The first-order valence-corrected chi connectivity index (χ1v) is 5.08. The van der Waals surface area contributed by atoms with Crippen molar-refractivity contribution in [2.24, 2.45) is 0 Å². The Bertz CT molecular complexity index is 384. The molecule has 1 aromatic heterocycles. The fraction of sp³-hybridized carbons (Fsp3) is 0.333. The Kier molecular flexibility index (Phi) is 2.92. The third-order valence-corrected chi connectivity index (χ3v) is 2.57. The van der Waals surface area contributed by atoms with E-state index < -0.39 is 0 Å². The number of carbonyl (C=O) groups excluding carboxylic acids is 1. The van der Waals surface area contributed by atoms with Gasteiger partial charge in [-0.1, -0.05) is 0 Å². The van der Waals surface area contributed by atoms with Crippen LogP contribution in [0.5, 0.6) is 0 Å². The Morgan fingerprint density at radius 3 is 2.87 bits per heavy atom. The van der Waals surface area contributed by atoms with Crippen LogP contribution in [0.2, 0.25) is 0 Å². The fourth-order valence-corrected chi connectivity index (χ4v) is 1.70. The van der Waals surface area contributed by atoms with Crippen molar-refractivity contribution in [3.05, 3.63) is 35.7 Å². The second kappa shape index (κ2) is 4.36. The zero-order valence-electron chi connectivity index (χ0n) is 8.81. The molecule has 2 heterocycles. The molecule has 0 radical (unpaired) electrons. The smallest absolute Gasteiger partial charge is 0.161 e. The maximum Gasteiger partial charge on any atom is 0.161 e. The summed E-state index contributed by atoms with van der Waals surface area (Å²) in [6.45, 7) is 1.62. The van der Waals surface area contributed by atoms with Crippen LogP contribution in [0, 0.1) is 0 Å². The van der Waals surface area contributed by atoms with Gasteiger partial charge in [-0.25, -0.2) is 0 Å². The largest absolute Gasteiger partial charge is 0.302 e. The summed E-state index contributed by atoms with van der Waals surface area (Å²) in [6, 6.07) is 3.82. The summed E-state index contributed by atoms with van der Waals surface area (Å²) in [7, 11) is 2.03. The highest BCUT2D eigenvalue weighted by molar-refractivity contribution is 6.00. The quantitative estimate of drug-likeness (QED) is 0.645. The van der Waals surface area contributed by atoms with Crippen molar-refractivity contribution < 1.29 is 4.79 Å². The lowest BCUT2D eigenvalue weighted by Crippen LogP contribution is -2.32. The molecule has 3 nitrogen and oxygen atoms in total. The minimum atomic E-state index is 0.268. The molecule has 1 saturated heterocycles. The molecule has 2 rings (SSSR count). The summed E-state index contributed by atoms with van der Waals surface area (Å²) < 4.78 is 0. The molecule has 78 valence electrons. The molecule has 0 aliphatic carbocycles. The number of nitrogens with zero attached hydrogens (tertiary/aromatic N) is 2. The monoisotopic (exact) mass is 202 g/mol. The van der Waals surface area contributed by atoms with E-state index in [-0.39, 0.29) is 5.78 Å². The molecule has 0 amide bonds. The van der Waals surface area contributed by atoms with Crippen LogP contribution in [0.1, 0.15) is 12.0 Å². The molecule has 15 heavy (non-hydrogen) atoms. The summed E-state index contributed by atoms with van der Waals surface area (Å²) in [5.74, 6) is 0.268. The number of rotatable bonds is 1. The van der Waals surface area contributed by atoms with Crippen LogP contribution in [-0.4, -0.2) is 35.8 Å². The second-order valence-electron chi connectivity index (χ2n) is 3.86. The lowest BCUT2D eigenvalue weighted by Gasteiger charge is -2.23. The number of ketones is 1. The number of aromatic nitrogens is 1. The van der Waals surface area contributed by atoms with Gasteiger partial charge in [0, 0.05) is 37.5 Å². The molecule has 0 atom stereocenters. The maximum absolute atomic E-state index is 11.6. The SMILES string of the molecule is CN1CCC(=O)/C(=C/c2ccncc2)C1. The Morgan fingerprint density at radius 2 is 2.13 bits per heavy atom. The van der Waals surface area contributed by atoms with Crippen molar-refractivity contribution in [2.45, 2.75) is 6.42 Å². The molecule has 0 saturated carbocycles. The van der Waals surface area contributed by atoms with E-state index in [1.807, 2.05) is 25.3 Å². The molecule has 0 spiro atoms. The summed E-state index contributed by atoms with van der Waals surface area (Å²) in [4.78, 5) is 17.7. The molecule has 1 aromatic rings.